The van der Waals surface area contributed by atoms with Crippen molar-refractivity contribution in [1.82, 2.24) is 20.1 Å². The molecule has 2 heterocycles. The van der Waals surface area contributed by atoms with Crippen molar-refractivity contribution in [3.8, 4) is 5.69 Å². The Morgan fingerprint density at radius 2 is 2.37 bits per heavy atom. The summed E-state index contributed by atoms with van der Waals surface area (Å²) in [7, 11) is 0. The lowest BCUT2D eigenvalue weighted by Crippen LogP contribution is -2.25. The molecule has 0 bridgehead atoms. The Balaban J connectivity index is 1.78. The lowest BCUT2D eigenvalue weighted by molar-refractivity contribution is 0.0951. The van der Waals surface area contributed by atoms with E-state index < -0.39 is 0 Å². The molecule has 1 aliphatic carbocycles. The van der Waals surface area contributed by atoms with Gasteiger partial charge in [0.15, 0.2) is 0 Å². The van der Waals surface area contributed by atoms with Crippen LogP contribution in [0.25, 0.3) is 5.69 Å². The summed E-state index contributed by atoms with van der Waals surface area (Å²) in [6, 6.07) is 3.75. The van der Waals surface area contributed by atoms with Gasteiger partial charge in [0.05, 0.1) is 23.1 Å². The highest BCUT2D eigenvalue weighted by molar-refractivity contribution is 5.95. The molecule has 5 nitrogen and oxygen atoms in total. The number of rotatable bonds is 4. The Morgan fingerprint density at radius 3 is 3.05 bits per heavy atom. The summed E-state index contributed by atoms with van der Waals surface area (Å²) in [6.45, 7) is 2.62. The first-order valence-electron chi connectivity index (χ1n) is 6.49. The molecular formula is C14H16N4O. The molecule has 0 aromatic carbocycles. The van der Waals surface area contributed by atoms with Gasteiger partial charge in [-0.2, -0.15) is 5.10 Å². The number of nitrogens with zero attached hydrogens (tertiary/aromatic N) is 3. The standard InChI is InChI=1S/C14H16N4O/c1-10-13(14(19)16-7-11-4-5-11)9-18(17-10)12-3-2-6-15-8-12/h2-3,6,8-9,11H,4-5,7H2,1H3,(H,16,19). The number of nitrogens with one attached hydrogen (secondary N) is 1. The van der Waals surface area contributed by atoms with E-state index in [0.29, 0.717) is 11.5 Å². The molecule has 2 aromatic heterocycles. The number of hydrogen-bond acceptors (Lipinski definition) is 3. The number of pyridine rings is 1. The van der Waals surface area contributed by atoms with E-state index in [4.69, 9.17) is 0 Å². The van der Waals surface area contributed by atoms with Crippen LogP contribution >= 0.6 is 0 Å². The number of aromatic nitrogens is 3. The number of amides is 1. The van der Waals surface area contributed by atoms with E-state index in [1.165, 1.54) is 12.8 Å². The van der Waals surface area contributed by atoms with Gasteiger partial charge in [0.2, 0.25) is 0 Å². The molecule has 19 heavy (non-hydrogen) atoms. The zero-order valence-electron chi connectivity index (χ0n) is 10.8. The zero-order valence-corrected chi connectivity index (χ0v) is 10.8. The van der Waals surface area contributed by atoms with Crippen molar-refractivity contribution in [2.75, 3.05) is 6.54 Å². The van der Waals surface area contributed by atoms with E-state index >= 15 is 0 Å². The van der Waals surface area contributed by atoms with Crippen molar-refractivity contribution in [2.24, 2.45) is 5.92 Å². The SMILES string of the molecule is Cc1nn(-c2cccnc2)cc1C(=O)NCC1CC1. The third-order valence-electron chi connectivity index (χ3n) is 3.30. The van der Waals surface area contributed by atoms with Crippen molar-refractivity contribution in [2.45, 2.75) is 19.8 Å². The quantitative estimate of drug-likeness (QED) is 0.906. The number of hydrogen-bond donors (Lipinski definition) is 1. The first-order chi connectivity index (χ1) is 9.24. The van der Waals surface area contributed by atoms with Gasteiger partial charge in [0.25, 0.3) is 5.91 Å². The first-order valence-corrected chi connectivity index (χ1v) is 6.49. The monoisotopic (exact) mass is 256 g/mol. The molecule has 5 heteroatoms. The molecule has 0 atom stereocenters. The third-order valence-corrected chi connectivity index (χ3v) is 3.30. The summed E-state index contributed by atoms with van der Waals surface area (Å²) in [6.07, 6.45) is 7.65. The van der Waals surface area contributed by atoms with E-state index in [1.54, 1.807) is 23.3 Å². The molecule has 1 fully saturated rings. The number of aryl methyl sites for hydroxylation is 1. The molecule has 2 aromatic rings. The van der Waals surface area contributed by atoms with Gasteiger partial charge in [0, 0.05) is 18.9 Å². The Labute approximate surface area is 111 Å². The van der Waals surface area contributed by atoms with Gasteiger partial charge in [-0.1, -0.05) is 0 Å². The van der Waals surface area contributed by atoms with E-state index in [1.807, 2.05) is 19.1 Å². The second-order valence-corrected chi connectivity index (χ2v) is 4.94. The van der Waals surface area contributed by atoms with Crippen molar-refractivity contribution in [3.05, 3.63) is 42.0 Å². The molecule has 0 aliphatic heterocycles. The molecule has 3 rings (SSSR count). The van der Waals surface area contributed by atoms with Crippen LogP contribution in [0.1, 0.15) is 28.9 Å². The molecule has 0 unspecified atom stereocenters. The third kappa shape index (κ3) is 2.65. The summed E-state index contributed by atoms with van der Waals surface area (Å²) >= 11 is 0. The largest absolute Gasteiger partial charge is 0.352 e. The van der Waals surface area contributed by atoms with Crippen LogP contribution in [0.3, 0.4) is 0 Å². The van der Waals surface area contributed by atoms with Crippen LogP contribution in [0, 0.1) is 12.8 Å². The second-order valence-electron chi connectivity index (χ2n) is 4.94. The first kappa shape index (κ1) is 11.9. The number of carbonyl (C=O) groups excluding carboxylic acids is 1. The van der Waals surface area contributed by atoms with Gasteiger partial charge in [-0.25, -0.2) is 4.68 Å². The van der Waals surface area contributed by atoms with E-state index in [-0.39, 0.29) is 5.91 Å². The molecule has 1 saturated carbocycles. The Kier molecular flexibility index (Phi) is 3.03. The molecule has 0 saturated heterocycles. The Hall–Kier alpha value is -2.17. The van der Waals surface area contributed by atoms with Crippen molar-refractivity contribution < 1.29 is 4.79 Å². The fraction of sp³-hybridized carbons (Fsp3) is 0.357. The highest BCUT2D eigenvalue weighted by Gasteiger charge is 2.22. The normalized spacial score (nSPS) is 14.4. The lowest BCUT2D eigenvalue weighted by Gasteiger charge is -2.01. The summed E-state index contributed by atoms with van der Waals surface area (Å²) < 4.78 is 1.69. The molecular weight excluding hydrogens is 240 g/mol. The fourth-order valence-electron chi connectivity index (χ4n) is 1.96. The highest BCUT2D eigenvalue weighted by atomic mass is 16.1. The van der Waals surface area contributed by atoms with Gasteiger partial charge in [-0.05, 0) is 37.8 Å². The maximum atomic E-state index is 12.1. The van der Waals surface area contributed by atoms with Crippen LogP contribution in [0.4, 0.5) is 0 Å². The summed E-state index contributed by atoms with van der Waals surface area (Å²) in [4.78, 5) is 16.1. The van der Waals surface area contributed by atoms with Crippen molar-refractivity contribution in [1.29, 1.82) is 0 Å². The van der Waals surface area contributed by atoms with Gasteiger partial charge >= 0.3 is 0 Å². The minimum Gasteiger partial charge on any atom is -0.352 e. The molecule has 0 spiro atoms. The summed E-state index contributed by atoms with van der Waals surface area (Å²) in [5, 5.41) is 7.32. The Morgan fingerprint density at radius 1 is 1.53 bits per heavy atom. The molecule has 1 N–H and O–H groups in total. The van der Waals surface area contributed by atoms with Crippen LogP contribution in [0.15, 0.2) is 30.7 Å². The zero-order chi connectivity index (χ0) is 13.2. The predicted octanol–water partition coefficient (Wildman–Crippen LogP) is 1.72. The van der Waals surface area contributed by atoms with Gasteiger partial charge in [-0.15, -0.1) is 0 Å². The lowest BCUT2D eigenvalue weighted by atomic mass is 10.2. The van der Waals surface area contributed by atoms with Crippen molar-refractivity contribution in [3.63, 3.8) is 0 Å². The van der Waals surface area contributed by atoms with Crippen LogP contribution < -0.4 is 5.32 Å². The smallest absolute Gasteiger partial charge is 0.254 e. The minimum absolute atomic E-state index is 0.0421. The van der Waals surface area contributed by atoms with E-state index in [0.717, 1.165) is 17.9 Å². The van der Waals surface area contributed by atoms with E-state index in [9.17, 15) is 4.79 Å². The van der Waals surface area contributed by atoms with Gasteiger partial charge < -0.3 is 5.32 Å². The summed E-state index contributed by atoms with van der Waals surface area (Å²) in [5.41, 5.74) is 2.22. The summed E-state index contributed by atoms with van der Waals surface area (Å²) in [5.74, 6) is 0.636. The number of carbonyl (C=O) groups is 1. The maximum absolute atomic E-state index is 12.1. The van der Waals surface area contributed by atoms with Gasteiger partial charge in [0.1, 0.15) is 0 Å². The molecule has 98 valence electrons. The second kappa shape index (κ2) is 4.84. The predicted molar refractivity (Wildman–Crippen MR) is 71.2 cm³/mol. The average Bonchev–Trinajstić information content (AvgIpc) is 3.18. The molecule has 1 amide bonds. The Bertz CT molecular complexity index is 587. The van der Waals surface area contributed by atoms with Gasteiger partial charge in [-0.3, -0.25) is 9.78 Å². The van der Waals surface area contributed by atoms with Crippen LogP contribution in [-0.4, -0.2) is 27.2 Å². The molecule has 1 aliphatic rings. The van der Waals surface area contributed by atoms with Crippen LogP contribution in [0.2, 0.25) is 0 Å². The average molecular weight is 256 g/mol. The van der Waals surface area contributed by atoms with Crippen LogP contribution in [-0.2, 0) is 0 Å². The molecule has 0 radical (unpaired) electrons. The van der Waals surface area contributed by atoms with Crippen molar-refractivity contribution >= 4 is 5.91 Å². The van der Waals surface area contributed by atoms with Crippen LogP contribution in [0.5, 0.6) is 0 Å². The van der Waals surface area contributed by atoms with E-state index in [2.05, 4.69) is 15.4 Å². The topological polar surface area (TPSA) is 59.8 Å². The maximum Gasteiger partial charge on any atom is 0.254 e. The highest BCUT2D eigenvalue weighted by Crippen LogP contribution is 2.27. The minimum atomic E-state index is -0.0421. The fourth-order valence-corrected chi connectivity index (χ4v) is 1.96.